The molecule has 0 unspecified atom stereocenters. The summed E-state index contributed by atoms with van der Waals surface area (Å²) in [5.41, 5.74) is 2.97. The van der Waals surface area contributed by atoms with Crippen molar-refractivity contribution in [1.82, 2.24) is 10.3 Å². The number of aromatic nitrogens is 1. The van der Waals surface area contributed by atoms with Crippen molar-refractivity contribution < 1.29 is 28.7 Å². The van der Waals surface area contributed by atoms with Gasteiger partial charge in [0, 0.05) is 22.6 Å². The molecule has 1 aliphatic heterocycles. The fourth-order valence-electron chi connectivity index (χ4n) is 3.78. The fourth-order valence-corrected chi connectivity index (χ4v) is 3.78. The Kier molecular flexibility index (Phi) is 5.72. The molecule has 5 N–H and O–H groups in total. The monoisotopic (exact) mass is 462 g/mol. The van der Waals surface area contributed by atoms with E-state index < -0.39 is 29.6 Å². The SMILES string of the molecule is Cc1[nH]c(C=C2C(=O)Nc3cc(NC(=O)NC(=O)c4ccccc4F)ccc32)c(C)c1C(=O)O. The average Bonchev–Trinajstić information content (AvgIpc) is 3.22. The van der Waals surface area contributed by atoms with E-state index in [-0.39, 0.29) is 11.1 Å². The smallest absolute Gasteiger partial charge is 0.337 e. The molecule has 2 heterocycles. The highest BCUT2D eigenvalue weighted by molar-refractivity contribution is 6.35. The molecule has 0 saturated carbocycles. The van der Waals surface area contributed by atoms with Crippen molar-refractivity contribution in [3.05, 3.63) is 81.9 Å². The van der Waals surface area contributed by atoms with E-state index in [1.807, 2.05) is 5.32 Å². The van der Waals surface area contributed by atoms with Crippen LogP contribution in [0.1, 0.15) is 43.2 Å². The lowest BCUT2D eigenvalue weighted by molar-refractivity contribution is -0.110. The van der Waals surface area contributed by atoms with Crippen LogP contribution in [0.25, 0.3) is 11.6 Å². The normalized spacial score (nSPS) is 13.4. The summed E-state index contributed by atoms with van der Waals surface area (Å²) in [4.78, 5) is 51.3. The maximum Gasteiger partial charge on any atom is 0.337 e. The van der Waals surface area contributed by atoms with Crippen LogP contribution in [0.15, 0.2) is 42.5 Å². The Hall–Kier alpha value is -4.73. The number of benzene rings is 2. The van der Waals surface area contributed by atoms with Crippen molar-refractivity contribution in [2.75, 3.05) is 10.6 Å². The molecule has 0 aliphatic carbocycles. The number of amides is 4. The van der Waals surface area contributed by atoms with Crippen molar-refractivity contribution >= 4 is 46.8 Å². The lowest BCUT2D eigenvalue weighted by Crippen LogP contribution is -2.34. The summed E-state index contributed by atoms with van der Waals surface area (Å²) in [5.74, 6) is -3.10. The molecule has 0 bridgehead atoms. The summed E-state index contributed by atoms with van der Waals surface area (Å²) in [5, 5.41) is 16.6. The molecular weight excluding hydrogens is 443 g/mol. The fraction of sp³-hybridized carbons (Fsp3) is 0.0833. The van der Waals surface area contributed by atoms with Gasteiger partial charge in [-0.3, -0.25) is 14.9 Å². The Balaban J connectivity index is 1.53. The van der Waals surface area contributed by atoms with Crippen molar-refractivity contribution in [1.29, 1.82) is 0 Å². The topological polar surface area (TPSA) is 140 Å². The van der Waals surface area contributed by atoms with Gasteiger partial charge in [0.1, 0.15) is 5.82 Å². The number of carbonyl (C=O) groups excluding carboxylic acids is 3. The maximum atomic E-state index is 13.7. The summed E-state index contributed by atoms with van der Waals surface area (Å²) in [6, 6.07) is 9.05. The van der Waals surface area contributed by atoms with Gasteiger partial charge < -0.3 is 20.7 Å². The molecule has 0 atom stereocenters. The minimum atomic E-state index is -1.06. The number of H-pyrrole nitrogens is 1. The second-order valence-electron chi connectivity index (χ2n) is 7.63. The van der Waals surface area contributed by atoms with Gasteiger partial charge in [-0.2, -0.15) is 0 Å². The third kappa shape index (κ3) is 4.16. The van der Waals surface area contributed by atoms with Crippen LogP contribution in [-0.4, -0.2) is 33.9 Å². The molecule has 4 rings (SSSR count). The molecule has 0 radical (unpaired) electrons. The minimum Gasteiger partial charge on any atom is -0.478 e. The number of carboxylic acids is 1. The number of imide groups is 1. The molecule has 4 amide bonds. The Morgan fingerprint density at radius 1 is 1.09 bits per heavy atom. The number of aromatic amines is 1. The van der Waals surface area contributed by atoms with E-state index in [0.717, 1.165) is 6.07 Å². The van der Waals surface area contributed by atoms with Crippen LogP contribution >= 0.6 is 0 Å². The molecule has 0 fully saturated rings. The third-order valence-corrected chi connectivity index (χ3v) is 5.38. The van der Waals surface area contributed by atoms with Gasteiger partial charge in [0.25, 0.3) is 11.8 Å². The molecule has 34 heavy (non-hydrogen) atoms. The number of fused-ring (bicyclic) bond motifs is 1. The van der Waals surface area contributed by atoms with E-state index in [1.165, 1.54) is 30.3 Å². The van der Waals surface area contributed by atoms with Gasteiger partial charge in [-0.05, 0) is 49.8 Å². The van der Waals surface area contributed by atoms with E-state index in [4.69, 9.17) is 0 Å². The number of rotatable bonds is 4. The molecule has 1 aliphatic rings. The van der Waals surface area contributed by atoms with Crippen LogP contribution in [0, 0.1) is 19.7 Å². The highest BCUT2D eigenvalue weighted by Crippen LogP contribution is 2.35. The number of hydrogen-bond acceptors (Lipinski definition) is 4. The van der Waals surface area contributed by atoms with Crippen LogP contribution in [-0.2, 0) is 4.79 Å². The second-order valence-corrected chi connectivity index (χ2v) is 7.63. The van der Waals surface area contributed by atoms with Gasteiger partial charge in [0.2, 0.25) is 0 Å². The number of nitrogens with one attached hydrogen (secondary N) is 4. The van der Waals surface area contributed by atoms with Crippen molar-refractivity contribution in [2.24, 2.45) is 0 Å². The highest BCUT2D eigenvalue weighted by Gasteiger charge is 2.26. The van der Waals surface area contributed by atoms with Crippen LogP contribution in [0.5, 0.6) is 0 Å². The Morgan fingerprint density at radius 3 is 2.50 bits per heavy atom. The first kappa shape index (κ1) is 22.5. The van der Waals surface area contributed by atoms with Crippen LogP contribution < -0.4 is 16.0 Å². The average molecular weight is 462 g/mol. The molecule has 172 valence electrons. The standard InChI is InChI=1S/C24H19FN4O5/c1-11-18(26-12(2)20(11)23(32)33)10-16-14-8-7-13(9-19(14)28-22(16)31)27-24(34)29-21(30)15-5-3-4-6-17(15)25/h3-10,26H,1-2H3,(H,28,31)(H,32,33)(H2,27,29,30,34). The predicted octanol–water partition coefficient (Wildman–Crippen LogP) is 3.92. The summed E-state index contributed by atoms with van der Waals surface area (Å²) in [6.07, 6.45) is 1.57. The summed E-state index contributed by atoms with van der Waals surface area (Å²) in [6.45, 7) is 3.29. The second kappa shape index (κ2) is 8.66. The molecule has 10 heteroatoms. The van der Waals surface area contributed by atoms with E-state index in [0.29, 0.717) is 39.5 Å². The Morgan fingerprint density at radius 2 is 1.82 bits per heavy atom. The lowest BCUT2D eigenvalue weighted by atomic mass is 10.0. The Labute approximate surface area is 192 Å². The number of carbonyl (C=O) groups is 4. The van der Waals surface area contributed by atoms with Gasteiger partial charge in [-0.15, -0.1) is 0 Å². The molecular formula is C24H19FN4O5. The zero-order valence-electron chi connectivity index (χ0n) is 18.1. The quantitative estimate of drug-likeness (QED) is 0.374. The minimum absolute atomic E-state index is 0.154. The van der Waals surface area contributed by atoms with Crippen LogP contribution in [0.2, 0.25) is 0 Å². The lowest BCUT2D eigenvalue weighted by Gasteiger charge is -2.08. The van der Waals surface area contributed by atoms with Gasteiger partial charge in [0.05, 0.1) is 22.4 Å². The molecule has 9 nitrogen and oxygen atoms in total. The van der Waals surface area contributed by atoms with Gasteiger partial charge in [-0.25, -0.2) is 14.0 Å². The predicted molar refractivity (Wildman–Crippen MR) is 123 cm³/mol. The molecule has 3 aromatic rings. The van der Waals surface area contributed by atoms with Crippen molar-refractivity contribution in [3.8, 4) is 0 Å². The number of anilines is 2. The summed E-state index contributed by atoms with van der Waals surface area (Å²) >= 11 is 0. The zero-order valence-corrected chi connectivity index (χ0v) is 18.1. The van der Waals surface area contributed by atoms with Crippen molar-refractivity contribution in [3.63, 3.8) is 0 Å². The molecule has 0 spiro atoms. The van der Waals surface area contributed by atoms with E-state index >= 15 is 0 Å². The first-order valence-corrected chi connectivity index (χ1v) is 10.1. The van der Waals surface area contributed by atoms with Crippen LogP contribution in [0.4, 0.5) is 20.6 Å². The summed E-state index contributed by atoms with van der Waals surface area (Å²) in [7, 11) is 0. The molecule has 1 aromatic heterocycles. The molecule has 2 aromatic carbocycles. The van der Waals surface area contributed by atoms with Crippen LogP contribution in [0.3, 0.4) is 0 Å². The molecule has 0 saturated heterocycles. The zero-order chi connectivity index (χ0) is 24.6. The van der Waals surface area contributed by atoms with E-state index in [1.54, 1.807) is 26.0 Å². The largest absolute Gasteiger partial charge is 0.478 e. The summed E-state index contributed by atoms with van der Waals surface area (Å²) < 4.78 is 13.7. The first-order chi connectivity index (χ1) is 16.2. The van der Waals surface area contributed by atoms with Gasteiger partial charge in [-0.1, -0.05) is 18.2 Å². The van der Waals surface area contributed by atoms with Gasteiger partial charge >= 0.3 is 12.0 Å². The maximum absolute atomic E-state index is 13.7. The number of urea groups is 1. The number of aryl methyl sites for hydroxylation is 1. The van der Waals surface area contributed by atoms with E-state index in [2.05, 4.69) is 15.6 Å². The van der Waals surface area contributed by atoms with E-state index in [9.17, 15) is 28.7 Å². The Bertz CT molecular complexity index is 1410. The first-order valence-electron chi connectivity index (χ1n) is 10.1. The highest BCUT2D eigenvalue weighted by atomic mass is 19.1. The number of halogens is 1. The van der Waals surface area contributed by atoms with Crippen molar-refractivity contribution in [2.45, 2.75) is 13.8 Å². The van der Waals surface area contributed by atoms with Gasteiger partial charge in [0.15, 0.2) is 0 Å². The number of hydrogen-bond donors (Lipinski definition) is 5. The third-order valence-electron chi connectivity index (χ3n) is 5.38. The number of carboxylic acid groups (broad SMARTS) is 1. The number of aromatic carboxylic acids is 1.